The van der Waals surface area contributed by atoms with Gasteiger partial charge in [-0.05, 0) is 81.2 Å². The highest BCUT2D eigenvalue weighted by molar-refractivity contribution is 6.13. The maximum Gasteiger partial charge on any atom is 0.160 e. The lowest BCUT2D eigenvalue weighted by Crippen LogP contribution is -2.32. The molecule has 13 rings (SSSR count). The summed E-state index contributed by atoms with van der Waals surface area (Å²) < 4.78 is 6.64. The van der Waals surface area contributed by atoms with Gasteiger partial charge in [0.05, 0.1) is 28.0 Å². The van der Waals surface area contributed by atoms with Gasteiger partial charge in [0, 0.05) is 44.2 Å². The highest BCUT2D eigenvalue weighted by Gasteiger charge is 2.51. The van der Waals surface area contributed by atoms with Crippen molar-refractivity contribution in [3.8, 4) is 78.9 Å². The Bertz CT molecular complexity index is 3590. The van der Waals surface area contributed by atoms with E-state index in [0.717, 1.165) is 89.2 Å². The highest BCUT2D eigenvalue weighted by Crippen LogP contribution is 2.62. The summed E-state index contributed by atoms with van der Waals surface area (Å²) >= 11 is 0. The average Bonchev–Trinajstić information content (AvgIpc) is 3.65. The van der Waals surface area contributed by atoms with Gasteiger partial charge in [-0.15, -0.1) is 0 Å². The standard InChI is InChI=1S/C60H37N3O/c1-3-16-38(17-4-1)39-30-32-40(33-31-39)54-37-55(63-59(62-54)41-18-5-2-6-19-41)42-20-15-21-43(34-42)58-48-35-47-44-22-7-9-24-49(44)60(52(47)36-46(48)45-23-8-12-27-53(45)61-58)50-25-10-13-28-56(50)64-57-29-14-11-26-51(57)60/h1-37H. The first-order valence-electron chi connectivity index (χ1n) is 21.8. The number of nitrogens with zero attached hydrogens (tertiary/aromatic N) is 3. The molecular formula is C60H37N3O. The van der Waals surface area contributed by atoms with E-state index in [1.165, 1.54) is 27.8 Å². The number of rotatable bonds is 5. The summed E-state index contributed by atoms with van der Waals surface area (Å²) in [7, 11) is 0. The summed E-state index contributed by atoms with van der Waals surface area (Å²) in [4.78, 5) is 15.8. The van der Waals surface area contributed by atoms with E-state index in [1.807, 2.05) is 24.3 Å². The molecule has 0 saturated carbocycles. The molecule has 2 aliphatic rings. The van der Waals surface area contributed by atoms with Gasteiger partial charge in [-0.1, -0.05) is 182 Å². The number of para-hydroxylation sites is 3. The number of fused-ring (bicyclic) bond motifs is 12. The molecule has 1 aliphatic carbocycles. The largest absolute Gasteiger partial charge is 0.457 e. The Labute approximate surface area is 370 Å². The van der Waals surface area contributed by atoms with E-state index in [0.29, 0.717) is 5.82 Å². The number of pyridine rings is 1. The van der Waals surface area contributed by atoms with Gasteiger partial charge < -0.3 is 4.74 Å². The van der Waals surface area contributed by atoms with Crippen LogP contribution in [0.2, 0.25) is 0 Å². The van der Waals surface area contributed by atoms with Gasteiger partial charge in [-0.3, -0.25) is 0 Å². The van der Waals surface area contributed by atoms with Crippen LogP contribution in [0.1, 0.15) is 22.3 Å². The topological polar surface area (TPSA) is 47.9 Å². The van der Waals surface area contributed by atoms with Gasteiger partial charge >= 0.3 is 0 Å². The predicted molar refractivity (Wildman–Crippen MR) is 259 cm³/mol. The zero-order valence-electron chi connectivity index (χ0n) is 34.6. The third kappa shape index (κ3) is 5.52. The minimum Gasteiger partial charge on any atom is -0.457 e. The number of benzene rings is 9. The second kappa shape index (κ2) is 14.3. The number of hydrogen-bond donors (Lipinski definition) is 0. The molecule has 0 bridgehead atoms. The van der Waals surface area contributed by atoms with Crippen LogP contribution in [0.25, 0.3) is 89.1 Å². The molecule has 2 aromatic heterocycles. The molecule has 0 radical (unpaired) electrons. The van der Waals surface area contributed by atoms with Crippen molar-refractivity contribution in [3.05, 3.63) is 247 Å². The van der Waals surface area contributed by atoms with Crippen LogP contribution in [0.5, 0.6) is 11.5 Å². The molecule has 0 unspecified atom stereocenters. The molecule has 0 fully saturated rings. The first-order valence-corrected chi connectivity index (χ1v) is 21.8. The van der Waals surface area contributed by atoms with Crippen molar-refractivity contribution in [2.75, 3.05) is 0 Å². The van der Waals surface area contributed by atoms with E-state index in [9.17, 15) is 0 Å². The van der Waals surface area contributed by atoms with Crippen LogP contribution in [0.3, 0.4) is 0 Å². The Morgan fingerprint density at radius 3 is 1.62 bits per heavy atom. The van der Waals surface area contributed by atoms with Gasteiger partial charge in [0.25, 0.3) is 0 Å². The molecule has 64 heavy (non-hydrogen) atoms. The molecule has 3 heterocycles. The van der Waals surface area contributed by atoms with Crippen molar-refractivity contribution in [1.82, 2.24) is 15.0 Å². The Morgan fingerprint density at radius 2 is 0.875 bits per heavy atom. The van der Waals surface area contributed by atoms with Crippen LogP contribution in [0, 0.1) is 0 Å². The molecule has 0 N–H and O–H groups in total. The fraction of sp³-hybridized carbons (Fsp3) is 0.0167. The quantitative estimate of drug-likeness (QED) is 0.162. The molecule has 0 amide bonds. The third-order valence-electron chi connectivity index (χ3n) is 13.1. The van der Waals surface area contributed by atoms with Gasteiger partial charge in [0.1, 0.15) is 11.5 Å². The fourth-order valence-electron chi connectivity index (χ4n) is 10.3. The van der Waals surface area contributed by atoms with Gasteiger partial charge in [0.15, 0.2) is 5.82 Å². The average molecular weight is 816 g/mol. The van der Waals surface area contributed by atoms with Crippen molar-refractivity contribution in [2.24, 2.45) is 0 Å². The van der Waals surface area contributed by atoms with Gasteiger partial charge in [-0.2, -0.15) is 0 Å². The van der Waals surface area contributed by atoms with E-state index in [2.05, 4.69) is 200 Å². The first kappa shape index (κ1) is 36.2. The van der Waals surface area contributed by atoms with Crippen molar-refractivity contribution in [2.45, 2.75) is 5.41 Å². The Balaban J connectivity index is 1.01. The van der Waals surface area contributed by atoms with E-state index in [1.54, 1.807) is 0 Å². The lowest BCUT2D eigenvalue weighted by molar-refractivity contribution is 0.436. The van der Waals surface area contributed by atoms with Gasteiger partial charge in [0.2, 0.25) is 0 Å². The Hall–Kier alpha value is -8.47. The highest BCUT2D eigenvalue weighted by atomic mass is 16.5. The molecule has 4 heteroatoms. The molecule has 9 aromatic carbocycles. The molecule has 1 spiro atoms. The van der Waals surface area contributed by atoms with Crippen LogP contribution in [-0.4, -0.2) is 15.0 Å². The molecule has 0 saturated heterocycles. The van der Waals surface area contributed by atoms with Crippen LogP contribution in [0.15, 0.2) is 224 Å². The SMILES string of the molecule is c1ccc(-c2ccc(-c3cc(-c4cccc(-c5nc6ccccc6c6cc7c(cc56)-c5ccccc5C75c6ccccc6Oc6ccccc65)c4)nc(-c4ccccc4)n3)cc2)cc1. The zero-order chi connectivity index (χ0) is 42.2. The molecule has 4 nitrogen and oxygen atoms in total. The van der Waals surface area contributed by atoms with E-state index >= 15 is 0 Å². The smallest absolute Gasteiger partial charge is 0.160 e. The number of ether oxygens (including phenoxy) is 1. The van der Waals surface area contributed by atoms with Crippen molar-refractivity contribution in [3.63, 3.8) is 0 Å². The molecule has 298 valence electrons. The molecule has 0 atom stereocenters. The van der Waals surface area contributed by atoms with E-state index in [-0.39, 0.29) is 0 Å². The normalized spacial score (nSPS) is 12.9. The van der Waals surface area contributed by atoms with Crippen LogP contribution >= 0.6 is 0 Å². The number of hydrogen-bond acceptors (Lipinski definition) is 4. The predicted octanol–water partition coefficient (Wildman–Crippen LogP) is 15.0. The van der Waals surface area contributed by atoms with Crippen molar-refractivity contribution < 1.29 is 4.74 Å². The van der Waals surface area contributed by atoms with Crippen molar-refractivity contribution >= 4 is 21.7 Å². The van der Waals surface area contributed by atoms with E-state index < -0.39 is 5.41 Å². The zero-order valence-corrected chi connectivity index (χ0v) is 34.6. The third-order valence-corrected chi connectivity index (χ3v) is 13.1. The molecular weight excluding hydrogens is 779 g/mol. The summed E-state index contributed by atoms with van der Waals surface area (Å²) in [5, 5.41) is 3.38. The minimum atomic E-state index is -0.570. The monoisotopic (exact) mass is 815 g/mol. The lowest BCUT2D eigenvalue weighted by Gasteiger charge is -2.39. The lowest BCUT2D eigenvalue weighted by atomic mass is 9.66. The Kier molecular flexibility index (Phi) is 8.09. The summed E-state index contributed by atoms with van der Waals surface area (Å²) in [5.41, 5.74) is 16.6. The second-order valence-corrected chi connectivity index (χ2v) is 16.7. The van der Waals surface area contributed by atoms with E-state index in [4.69, 9.17) is 19.7 Å². The summed E-state index contributed by atoms with van der Waals surface area (Å²) in [6.45, 7) is 0. The first-order chi connectivity index (χ1) is 31.7. The Morgan fingerprint density at radius 1 is 0.312 bits per heavy atom. The van der Waals surface area contributed by atoms with Crippen LogP contribution in [-0.2, 0) is 5.41 Å². The summed E-state index contributed by atoms with van der Waals surface area (Å²) in [5.74, 6) is 2.45. The van der Waals surface area contributed by atoms with Gasteiger partial charge in [-0.25, -0.2) is 15.0 Å². The maximum absolute atomic E-state index is 6.64. The summed E-state index contributed by atoms with van der Waals surface area (Å²) in [6, 6.07) is 79.5. The fourth-order valence-corrected chi connectivity index (χ4v) is 10.3. The number of aromatic nitrogens is 3. The van der Waals surface area contributed by atoms with Crippen molar-refractivity contribution in [1.29, 1.82) is 0 Å². The molecule has 11 aromatic rings. The van der Waals surface area contributed by atoms with Crippen LogP contribution in [0.4, 0.5) is 0 Å². The van der Waals surface area contributed by atoms with Crippen LogP contribution < -0.4 is 4.74 Å². The molecule has 1 aliphatic heterocycles. The second-order valence-electron chi connectivity index (χ2n) is 16.7. The maximum atomic E-state index is 6.64. The minimum absolute atomic E-state index is 0.570. The summed E-state index contributed by atoms with van der Waals surface area (Å²) in [6.07, 6.45) is 0.